The van der Waals surface area contributed by atoms with Crippen LogP contribution in [0.15, 0.2) is 48.5 Å². The molecule has 1 unspecified atom stereocenters. The zero-order chi connectivity index (χ0) is 14.5. The molecule has 0 saturated carbocycles. The normalized spacial score (nSPS) is 11.9. The summed E-state index contributed by atoms with van der Waals surface area (Å²) in [5, 5.41) is 12.4. The average Bonchev–Trinajstić information content (AvgIpc) is 2.48. The number of halogens is 1. The van der Waals surface area contributed by atoms with Crippen molar-refractivity contribution in [3.63, 3.8) is 0 Å². The molecule has 2 aromatic rings. The summed E-state index contributed by atoms with van der Waals surface area (Å²) in [5.41, 5.74) is 2.14. The van der Waals surface area contributed by atoms with Gasteiger partial charge in [-0.25, -0.2) is 0 Å². The van der Waals surface area contributed by atoms with Crippen LogP contribution in [0.2, 0.25) is 0 Å². The molecule has 2 aromatic carbocycles. The highest BCUT2D eigenvalue weighted by molar-refractivity contribution is 6.18. The van der Waals surface area contributed by atoms with Crippen LogP contribution in [-0.2, 0) is 0 Å². The molecule has 1 amide bonds. The summed E-state index contributed by atoms with van der Waals surface area (Å²) in [6.07, 6.45) is 0. The second kappa shape index (κ2) is 6.44. The molecule has 0 bridgehead atoms. The average molecular weight is 290 g/mol. The van der Waals surface area contributed by atoms with Crippen LogP contribution in [0, 0.1) is 6.92 Å². The van der Waals surface area contributed by atoms with E-state index in [1.54, 1.807) is 19.1 Å². The van der Waals surface area contributed by atoms with E-state index in [0.29, 0.717) is 17.0 Å². The number of hydrogen-bond acceptors (Lipinski definition) is 2. The van der Waals surface area contributed by atoms with Gasteiger partial charge in [0.25, 0.3) is 5.91 Å². The Balaban J connectivity index is 2.15. The number of rotatable bonds is 4. The van der Waals surface area contributed by atoms with E-state index in [0.717, 1.165) is 5.56 Å². The summed E-state index contributed by atoms with van der Waals surface area (Å²) < 4.78 is 0. The van der Waals surface area contributed by atoms with Gasteiger partial charge in [-0.1, -0.05) is 30.3 Å². The van der Waals surface area contributed by atoms with Crippen LogP contribution >= 0.6 is 11.6 Å². The van der Waals surface area contributed by atoms with Gasteiger partial charge in [0.2, 0.25) is 0 Å². The third-order valence-corrected chi connectivity index (χ3v) is 3.43. The molecule has 0 saturated heterocycles. The van der Waals surface area contributed by atoms with Gasteiger partial charge in [-0.3, -0.25) is 4.79 Å². The molecule has 104 valence electrons. The Kier molecular flexibility index (Phi) is 4.64. The number of alkyl halides is 1. The molecule has 0 radical (unpaired) electrons. The lowest BCUT2D eigenvalue weighted by atomic mass is 10.1. The summed E-state index contributed by atoms with van der Waals surface area (Å²) >= 11 is 5.94. The molecule has 0 heterocycles. The molecule has 0 aliphatic carbocycles. The highest BCUT2D eigenvalue weighted by Gasteiger charge is 2.15. The maximum atomic E-state index is 12.2. The summed E-state index contributed by atoms with van der Waals surface area (Å²) in [7, 11) is 0. The quantitative estimate of drug-likeness (QED) is 0.848. The summed E-state index contributed by atoms with van der Waals surface area (Å²) in [6, 6.07) is 14.1. The van der Waals surface area contributed by atoms with Crippen LogP contribution < -0.4 is 5.32 Å². The van der Waals surface area contributed by atoms with E-state index in [-0.39, 0.29) is 17.7 Å². The number of aromatic hydroxyl groups is 1. The molecule has 0 aliphatic rings. The minimum absolute atomic E-state index is 0.179. The molecule has 0 fully saturated rings. The number of carbonyl (C=O) groups is 1. The Bertz CT molecular complexity index is 599. The first-order valence-electron chi connectivity index (χ1n) is 6.33. The SMILES string of the molecule is Cc1cc(C(=O)NC(CCl)c2ccccc2)ccc1O. The Morgan fingerprint density at radius 2 is 1.95 bits per heavy atom. The van der Waals surface area contributed by atoms with Gasteiger partial charge >= 0.3 is 0 Å². The van der Waals surface area contributed by atoms with Crippen molar-refractivity contribution in [3.05, 3.63) is 65.2 Å². The Labute approximate surface area is 123 Å². The smallest absolute Gasteiger partial charge is 0.251 e. The topological polar surface area (TPSA) is 49.3 Å². The zero-order valence-electron chi connectivity index (χ0n) is 11.1. The first kappa shape index (κ1) is 14.4. The number of phenols is 1. The lowest BCUT2D eigenvalue weighted by molar-refractivity contribution is 0.0940. The number of phenolic OH excluding ortho intramolecular Hbond substituents is 1. The van der Waals surface area contributed by atoms with E-state index >= 15 is 0 Å². The lowest BCUT2D eigenvalue weighted by Gasteiger charge is -2.16. The largest absolute Gasteiger partial charge is 0.508 e. The molecule has 1 atom stereocenters. The highest BCUT2D eigenvalue weighted by Crippen LogP contribution is 2.19. The third-order valence-electron chi connectivity index (χ3n) is 3.12. The van der Waals surface area contributed by atoms with Gasteiger partial charge in [0.15, 0.2) is 0 Å². The first-order chi connectivity index (χ1) is 9.61. The van der Waals surface area contributed by atoms with Crippen molar-refractivity contribution in [3.8, 4) is 5.75 Å². The van der Waals surface area contributed by atoms with Gasteiger partial charge in [-0.05, 0) is 36.2 Å². The van der Waals surface area contributed by atoms with Crippen molar-refractivity contribution in [2.45, 2.75) is 13.0 Å². The standard InChI is InChI=1S/C16H16ClNO2/c1-11-9-13(7-8-15(11)19)16(20)18-14(10-17)12-5-3-2-4-6-12/h2-9,14,19H,10H2,1H3,(H,18,20). The number of nitrogens with one attached hydrogen (secondary N) is 1. The Morgan fingerprint density at radius 1 is 1.25 bits per heavy atom. The Hall–Kier alpha value is -2.00. The fraction of sp³-hybridized carbons (Fsp3) is 0.188. The zero-order valence-corrected chi connectivity index (χ0v) is 11.9. The number of amides is 1. The van der Waals surface area contributed by atoms with Gasteiger partial charge in [0, 0.05) is 11.4 Å². The molecular weight excluding hydrogens is 274 g/mol. The third kappa shape index (κ3) is 3.31. The molecule has 0 aliphatic heterocycles. The van der Waals surface area contributed by atoms with E-state index < -0.39 is 0 Å². The highest BCUT2D eigenvalue weighted by atomic mass is 35.5. The van der Waals surface area contributed by atoms with E-state index in [1.165, 1.54) is 6.07 Å². The fourth-order valence-corrected chi connectivity index (χ4v) is 2.19. The number of benzene rings is 2. The van der Waals surface area contributed by atoms with E-state index in [1.807, 2.05) is 30.3 Å². The van der Waals surface area contributed by atoms with Crippen LogP contribution in [0.1, 0.15) is 27.5 Å². The van der Waals surface area contributed by atoms with E-state index in [4.69, 9.17) is 11.6 Å². The van der Waals surface area contributed by atoms with Crippen molar-refractivity contribution in [2.24, 2.45) is 0 Å². The van der Waals surface area contributed by atoms with Gasteiger partial charge in [0.05, 0.1) is 6.04 Å². The van der Waals surface area contributed by atoms with Crippen molar-refractivity contribution >= 4 is 17.5 Å². The maximum absolute atomic E-state index is 12.2. The van der Waals surface area contributed by atoms with Crippen LogP contribution in [-0.4, -0.2) is 16.9 Å². The van der Waals surface area contributed by atoms with Crippen molar-refractivity contribution < 1.29 is 9.90 Å². The van der Waals surface area contributed by atoms with Crippen LogP contribution in [0.3, 0.4) is 0 Å². The summed E-state index contributed by atoms with van der Waals surface area (Å²) in [6.45, 7) is 1.75. The predicted molar refractivity (Wildman–Crippen MR) is 80.2 cm³/mol. The summed E-state index contributed by atoms with van der Waals surface area (Å²) in [4.78, 5) is 12.2. The molecule has 2 rings (SSSR count). The van der Waals surface area contributed by atoms with Gasteiger partial charge < -0.3 is 10.4 Å². The van der Waals surface area contributed by atoms with Gasteiger partial charge in [-0.15, -0.1) is 11.6 Å². The van der Waals surface area contributed by atoms with E-state index in [2.05, 4.69) is 5.32 Å². The minimum Gasteiger partial charge on any atom is -0.508 e. The number of carbonyl (C=O) groups excluding carboxylic acids is 1. The second-order valence-electron chi connectivity index (χ2n) is 4.59. The number of aryl methyl sites for hydroxylation is 1. The molecular formula is C16H16ClNO2. The second-order valence-corrected chi connectivity index (χ2v) is 4.90. The molecule has 3 nitrogen and oxygen atoms in total. The van der Waals surface area contributed by atoms with Crippen LogP contribution in [0.25, 0.3) is 0 Å². The molecule has 20 heavy (non-hydrogen) atoms. The molecule has 0 aromatic heterocycles. The Morgan fingerprint density at radius 3 is 2.55 bits per heavy atom. The maximum Gasteiger partial charge on any atom is 0.251 e. The predicted octanol–water partition coefficient (Wildman–Crippen LogP) is 3.41. The number of hydrogen-bond donors (Lipinski definition) is 2. The van der Waals surface area contributed by atoms with E-state index in [9.17, 15) is 9.90 Å². The van der Waals surface area contributed by atoms with Gasteiger partial charge in [-0.2, -0.15) is 0 Å². The lowest BCUT2D eigenvalue weighted by Crippen LogP contribution is -2.29. The summed E-state index contributed by atoms with van der Waals surface area (Å²) in [5.74, 6) is 0.272. The molecule has 0 spiro atoms. The first-order valence-corrected chi connectivity index (χ1v) is 6.86. The van der Waals surface area contributed by atoms with Crippen LogP contribution in [0.5, 0.6) is 5.75 Å². The van der Waals surface area contributed by atoms with Crippen molar-refractivity contribution in [2.75, 3.05) is 5.88 Å². The molecule has 2 N–H and O–H groups in total. The monoisotopic (exact) mass is 289 g/mol. The van der Waals surface area contributed by atoms with Gasteiger partial charge in [0.1, 0.15) is 5.75 Å². The fourth-order valence-electron chi connectivity index (χ4n) is 1.93. The van der Waals surface area contributed by atoms with Crippen molar-refractivity contribution in [1.29, 1.82) is 0 Å². The van der Waals surface area contributed by atoms with Crippen LogP contribution in [0.4, 0.5) is 0 Å². The molecule has 4 heteroatoms. The minimum atomic E-state index is -0.237. The van der Waals surface area contributed by atoms with Crippen molar-refractivity contribution in [1.82, 2.24) is 5.32 Å².